The molecule has 0 bridgehead atoms. The Morgan fingerprint density at radius 2 is 1.57 bits per heavy atom. The molecule has 7 heteroatoms. The number of hydrogen-bond acceptors (Lipinski definition) is 4. The summed E-state index contributed by atoms with van der Waals surface area (Å²) in [5, 5.41) is 4.49. The maximum Gasteiger partial charge on any atom is 0.166 e. The Bertz CT molecular complexity index is 995. The van der Waals surface area contributed by atoms with Gasteiger partial charge in [-0.15, -0.1) is 24.8 Å². The molecule has 4 rings (SSSR count). The van der Waals surface area contributed by atoms with Crippen molar-refractivity contribution in [2.45, 2.75) is 45.5 Å². The average Bonchev–Trinajstić information content (AvgIpc) is 2.85. The number of rotatable bonds is 10. The summed E-state index contributed by atoms with van der Waals surface area (Å²) in [6.07, 6.45) is 2.30. The molecule has 1 heterocycles. The van der Waals surface area contributed by atoms with Gasteiger partial charge in [0, 0.05) is 29.7 Å². The van der Waals surface area contributed by atoms with E-state index in [1.54, 1.807) is 0 Å². The number of nitrogens with one attached hydrogen (secondary N) is 1. The van der Waals surface area contributed by atoms with E-state index in [4.69, 9.17) is 21.1 Å². The van der Waals surface area contributed by atoms with Gasteiger partial charge in [-0.2, -0.15) is 0 Å². The number of piperidine rings is 1. The first-order valence-electron chi connectivity index (χ1n) is 11.8. The van der Waals surface area contributed by atoms with Gasteiger partial charge in [0.15, 0.2) is 11.5 Å². The van der Waals surface area contributed by atoms with Crippen LogP contribution in [0, 0.1) is 0 Å². The molecular weight excluding hydrogens is 503 g/mol. The molecule has 0 radical (unpaired) electrons. The molecule has 0 aliphatic carbocycles. The summed E-state index contributed by atoms with van der Waals surface area (Å²) < 4.78 is 12.1. The quantitative estimate of drug-likeness (QED) is 0.304. The molecule has 3 aromatic rings. The molecule has 3 aromatic carbocycles. The zero-order valence-electron chi connectivity index (χ0n) is 20.1. The van der Waals surface area contributed by atoms with Crippen LogP contribution in [0.3, 0.4) is 0 Å². The third-order valence-corrected chi connectivity index (χ3v) is 6.33. The van der Waals surface area contributed by atoms with Gasteiger partial charge in [0.2, 0.25) is 0 Å². The highest BCUT2D eigenvalue weighted by atomic mass is 35.5. The molecule has 35 heavy (non-hydrogen) atoms. The van der Waals surface area contributed by atoms with Crippen molar-refractivity contribution < 1.29 is 9.47 Å². The zero-order chi connectivity index (χ0) is 22.9. The minimum Gasteiger partial charge on any atom is -0.490 e. The first kappa shape index (κ1) is 29.3. The minimum absolute atomic E-state index is 0. The summed E-state index contributed by atoms with van der Waals surface area (Å²) in [7, 11) is 0. The molecule has 1 N–H and O–H groups in total. The van der Waals surface area contributed by atoms with Gasteiger partial charge in [0.1, 0.15) is 6.61 Å². The largest absolute Gasteiger partial charge is 0.490 e. The average molecular weight is 538 g/mol. The maximum absolute atomic E-state index is 6.25. The molecule has 0 aromatic heterocycles. The van der Waals surface area contributed by atoms with Crippen LogP contribution in [0.25, 0.3) is 0 Å². The fourth-order valence-corrected chi connectivity index (χ4v) is 4.39. The predicted molar refractivity (Wildman–Crippen MR) is 149 cm³/mol. The van der Waals surface area contributed by atoms with Gasteiger partial charge in [-0.3, -0.25) is 4.90 Å². The molecule has 1 aliphatic heterocycles. The van der Waals surface area contributed by atoms with Crippen LogP contribution in [0.4, 0.5) is 0 Å². The van der Waals surface area contributed by atoms with Gasteiger partial charge in [0.05, 0.1) is 6.61 Å². The second-order valence-corrected chi connectivity index (χ2v) is 8.95. The van der Waals surface area contributed by atoms with Crippen LogP contribution < -0.4 is 14.8 Å². The Labute approximate surface area is 226 Å². The van der Waals surface area contributed by atoms with E-state index in [2.05, 4.69) is 46.6 Å². The summed E-state index contributed by atoms with van der Waals surface area (Å²) in [4.78, 5) is 2.55. The van der Waals surface area contributed by atoms with Crippen LogP contribution in [-0.4, -0.2) is 30.6 Å². The lowest BCUT2D eigenvalue weighted by molar-refractivity contribution is 0.189. The van der Waals surface area contributed by atoms with Gasteiger partial charge < -0.3 is 14.8 Å². The molecular formula is C28H35Cl3N2O2. The third-order valence-electron chi connectivity index (χ3n) is 6.07. The van der Waals surface area contributed by atoms with E-state index >= 15 is 0 Å². The fraction of sp³-hybridized carbons (Fsp3) is 0.357. The summed E-state index contributed by atoms with van der Waals surface area (Å²) in [6.45, 7) is 7.11. The first-order valence-corrected chi connectivity index (χ1v) is 12.2. The molecule has 0 spiro atoms. The number of nitrogens with zero attached hydrogens (tertiary/aromatic N) is 1. The van der Waals surface area contributed by atoms with Crippen molar-refractivity contribution in [2.75, 3.05) is 19.7 Å². The van der Waals surface area contributed by atoms with Crippen molar-refractivity contribution in [3.8, 4) is 11.5 Å². The molecule has 1 aliphatic rings. The smallest absolute Gasteiger partial charge is 0.166 e. The number of hydrogen-bond donors (Lipinski definition) is 1. The molecule has 1 fully saturated rings. The summed E-state index contributed by atoms with van der Waals surface area (Å²) in [6, 6.07) is 25.2. The SMILES string of the molecule is CCOc1cccc(CNC2CCN(Cc3ccccc3)CC2)c1OCc1ccc(Cl)cc1.Cl.Cl. The van der Waals surface area contributed by atoms with E-state index in [0.717, 1.165) is 66.7 Å². The molecule has 0 amide bonds. The number of halogens is 3. The summed E-state index contributed by atoms with van der Waals surface area (Å²) >= 11 is 6.01. The second kappa shape index (κ2) is 15.2. The highest BCUT2D eigenvalue weighted by molar-refractivity contribution is 6.30. The summed E-state index contributed by atoms with van der Waals surface area (Å²) in [5.41, 5.74) is 3.59. The topological polar surface area (TPSA) is 33.7 Å². The van der Waals surface area contributed by atoms with Gasteiger partial charge in [-0.25, -0.2) is 0 Å². The van der Waals surface area contributed by atoms with Crippen molar-refractivity contribution in [2.24, 2.45) is 0 Å². The normalized spacial score (nSPS) is 14.0. The van der Waals surface area contributed by atoms with Crippen LogP contribution in [0.1, 0.15) is 36.5 Å². The zero-order valence-corrected chi connectivity index (χ0v) is 22.5. The number of benzene rings is 3. The molecule has 190 valence electrons. The van der Waals surface area contributed by atoms with Crippen LogP contribution in [0.15, 0.2) is 72.8 Å². The van der Waals surface area contributed by atoms with Crippen LogP contribution in [0.2, 0.25) is 5.02 Å². The van der Waals surface area contributed by atoms with Gasteiger partial charge >= 0.3 is 0 Å². The maximum atomic E-state index is 6.25. The van der Waals surface area contributed by atoms with Crippen molar-refractivity contribution in [3.05, 3.63) is 94.5 Å². The van der Waals surface area contributed by atoms with Crippen LogP contribution in [-0.2, 0) is 19.7 Å². The van der Waals surface area contributed by atoms with Crippen molar-refractivity contribution in [3.63, 3.8) is 0 Å². The van der Waals surface area contributed by atoms with Crippen molar-refractivity contribution in [1.82, 2.24) is 10.2 Å². The molecule has 4 nitrogen and oxygen atoms in total. The van der Waals surface area contributed by atoms with Gasteiger partial charge in [0.25, 0.3) is 0 Å². The summed E-state index contributed by atoms with van der Waals surface area (Å²) in [5.74, 6) is 1.62. The van der Waals surface area contributed by atoms with E-state index in [0.29, 0.717) is 19.3 Å². The molecule has 1 saturated heterocycles. The van der Waals surface area contributed by atoms with Crippen LogP contribution >= 0.6 is 36.4 Å². The Balaban J connectivity index is 0.00000216. The van der Waals surface area contributed by atoms with Crippen molar-refractivity contribution >= 4 is 36.4 Å². The number of ether oxygens (including phenoxy) is 2. The third kappa shape index (κ3) is 8.89. The van der Waals surface area contributed by atoms with E-state index in [9.17, 15) is 0 Å². The lowest BCUT2D eigenvalue weighted by Crippen LogP contribution is -2.41. The van der Waals surface area contributed by atoms with Crippen LogP contribution in [0.5, 0.6) is 11.5 Å². The minimum atomic E-state index is 0. The van der Waals surface area contributed by atoms with E-state index in [1.807, 2.05) is 43.3 Å². The van der Waals surface area contributed by atoms with E-state index < -0.39 is 0 Å². The van der Waals surface area contributed by atoms with E-state index in [-0.39, 0.29) is 24.8 Å². The van der Waals surface area contributed by atoms with Gasteiger partial charge in [-0.1, -0.05) is 66.2 Å². The monoisotopic (exact) mass is 536 g/mol. The predicted octanol–water partition coefficient (Wildman–Crippen LogP) is 6.92. The lowest BCUT2D eigenvalue weighted by atomic mass is 10.0. The Morgan fingerprint density at radius 1 is 0.857 bits per heavy atom. The first-order chi connectivity index (χ1) is 16.2. The van der Waals surface area contributed by atoms with E-state index in [1.165, 1.54) is 5.56 Å². The standard InChI is InChI=1S/C28H33ClN2O2.2ClH/c1-2-32-27-10-6-9-24(28(27)33-21-23-11-13-25(29)14-12-23)19-30-26-15-17-31(18-16-26)20-22-7-4-3-5-8-22;;/h3-14,26,30H,2,15-21H2,1H3;2*1H. The highest BCUT2D eigenvalue weighted by Crippen LogP contribution is 2.32. The molecule has 0 atom stereocenters. The van der Waals surface area contributed by atoms with Crippen molar-refractivity contribution in [1.29, 1.82) is 0 Å². The molecule has 0 saturated carbocycles. The highest BCUT2D eigenvalue weighted by Gasteiger charge is 2.20. The number of para-hydroxylation sites is 1. The Morgan fingerprint density at radius 3 is 2.26 bits per heavy atom. The fourth-order valence-electron chi connectivity index (χ4n) is 4.26. The Kier molecular flexibility index (Phi) is 12.7. The lowest BCUT2D eigenvalue weighted by Gasteiger charge is -2.32. The second-order valence-electron chi connectivity index (χ2n) is 8.51. The molecule has 0 unspecified atom stereocenters. The van der Waals surface area contributed by atoms with Gasteiger partial charge in [-0.05, 0) is 62.2 Å². The number of likely N-dealkylation sites (tertiary alicyclic amines) is 1. The Hall–Kier alpha value is -1.95.